The molecule has 2 heterocycles. The van der Waals surface area contributed by atoms with Gasteiger partial charge in [0.1, 0.15) is 0 Å². The molecule has 0 aromatic carbocycles. The van der Waals surface area contributed by atoms with Crippen molar-refractivity contribution in [3.8, 4) is 11.3 Å². The number of nitrogens with one attached hydrogen (secondary N) is 1. The van der Waals surface area contributed by atoms with Crippen LogP contribution in [0.2, 0.25) is 0 Å². The van der Waals surface area contributed by atoms with Crippen LogP contribution in [0.15, 0.2) is 35.2 Å². The molecule has 0 aliphatic heterocycles. The second-order valence-corrected chi connectivity index (χ2v) is 3.95. The largest absolute Gasteiger partial charge is 0.356 e. The average molecular weight is 217 g/mol. The van der Waals surface area contributed by atoms with Gasteiger partial charge in [-0.1, -0.05) is 19.0 Å². The lowest BCUT2D eigenvalue weighted by atomic mass is 10.1. The predicted octanol–water partition coefficient (Wildman–Crippen LogP) is 2.23. The minimum atomic E-state index is 0.445. The van der Waals surface area contributed by atoms with Gasteiger partial charge in [-0.15, -0.1) is 0 Å². The monoisotopic (exact) mass is 217 g/mol. The van der Waals surface area contributed by atoms with E-state index < -0.39 is 0 Å². The zero-order chi connectivity index (χ0) is 11.4. The Hall–Kier alpha value is -1.68. The number of aromatic nitrogens is 2. The van der Waals surface area contributed by atoms with Crippen molar-refractivity contribution in [2.45, 2.75) is 26.4 Å². The third kappa shape index (κ3) is 2.46. The summed E-state index contributed by atoms with van der Waals surface area (Å²) in [6.07, 6.45) is 5.25. The van der Waals surface area contributed by atoms with E-state index in [4.69, 9.17) is 4.52 Å². The fourth-order valence-corrected chi connectivity index (χ4v) is 1.44. The minimum absolute atomic E-state index is 0.445. The highest BCUT2D eigenvalue weighted by Gasteiger charge is 2.10. The molecule has 84 valence electrons. The highest BCUT2D eigenvalue weighted by atomic mass is 16.5. The summed E-state index contributed by atoms with van der Waals surface area (Å²) in [6.45, 7) is 4.98. The number of hydrogen-bond acceptors (Lipinski definition) is 4. The van der Waals surface area contributed by atoms with E-state index >= 15 is 0 Å². The molecule has 0 spiro atoms. The van der Waals surface area contributed by atoms with E-state index in [1.165, 1.54) is 0 Å². The summed E-state index contributed by atoms with van der Waals surface area (Å²) in [5, 5.41) is 7.18. The van der Waals surface area contributed by atoms with Crippen LogP contribution in [0.25, 0.3) is 11.3 Å². The molecule has 0 bridgehead atoms. The maximum atomic E-state index is 5.27. The molecule has 0 unspecified atom stereocenters. The molecule has 0 radical (unpaired) electrons. The van der Waals surface area contributed by atoms with E-state index in [2.05, 4.69) is 29.3 Å². The van der Waals surface area contributed by atoms with Crippen LogP contribution in [-0.2, 0) is 6.54 Å². The Morgan fingerprint density at radius 2 is 2.06 bits per heavy atom. The Morgan fingerprint density at radius 3 is 2.75 bits per heavy atom. The molecular formula is C12H15N3O. The van der Waals surface area contributed by atoms with Gasteiger partial charge < -0.3 is 9.84 Å². The summed E-state index contributed by atoms with van der Waals surface area (Å²) in [5.74, 6) is 0.815. The van der Waals surface area contributed by atoms with E-state index in [9.17, 15) is 0 Å². The first-order chi connectivity index (χ1) is 7.77. The van der Waals surface area contributed by atoms with Gasteiger partial charge in [0.2, 0.25) is 0 Å². The number of rotatable bonds is 4. The second kappa shape index (κ2) is 4.90. The SMILES string of the molecule is CC(C)NCc1cnoc1-c1ccncc1. The molecule has 2 rings (SSSR count). The van der Waals surface area contributed by atoms with E-state index in [0.29, 0.717) is 6.04 Å². The maximum absolute atomic E-state index is 5.27. The standard InChI is InChI=1S/C12H15N3O/c1-9(2)14-7-11-8-15-16-12(11)10-3-5-13-6-4-10/h3-6,8-9,14H,7H2,1-2H3. The third-order valence-electron chi connectivity index (χ3n) is 2.29. The first kappa shape index (κ1) is 10.8. The van der Waals surface area contributed by atoms with Crippen molar-refractivity contribution in [1.82, 2.24) is 15.5 Å². The van der Waals surface area contributed by atoms with Gasteiger partial charge in [-0.25, -0.2) is 0 Å². The average Bonchev–Trinajstić information content (AvgIpc) is 2.75. The third-order valence-corrected chi connectivity index (χ3v) is 2.29. The fourth-order valence-electron chi connectivity index (χ4n) is 1.44. The molecule has 4 heteroatoms. The first-order valence-corrected chi connectivity index (χ1v) is 5.34. The normalized spacial score (nSPS) is 10.9. The van der Waals surface area contributed by atoms with Gasteiger partial charge in [0.05, 0.1) is 6.20 Å². The molecule has 2 aromatic rings. The zero-order valence-electron chi connectivity index (χ0n) is 9.47. The second-order valence-electron chi connectivity index (χ2n) is 3.95. The Bertz CT molecular complexity index is 437. The molecule has 0 aliphatic carbocycles. The van der Waals surface area contributed by atoms with Crippen molar-refractivity contribution in [3.05, 3.63) is 36.3 Å². The molecule has 4 nitrogen and oxygen atoms in total. The minimum Gasteiger partial charge on any atom is -0.356 e. The van der Waals surface area contributed by atoms with E-state index in [1.54, 1.807) is 18.6 Å². The van der Waals surface area contributed by atoms with Crippen LogP contribution >= 0.6 is 0 Å². The van der Waals surface area contributed by atoms with Crippen LogP contribution in [0.1, 0.15) is 19.4 Å². The zero-order valence-corrected chi connectivity index (χ0v) is 9.47. The van der Waals surface area contributed by atoms with Crippen LogP contribution in [0, 0.1) is 0 Å². The lowest BCUT2D eigenvalue weighted by molar-refractivity contribution is 0.431. The van der Waals surface area contributed by atoms with Crippen molar-refractivity contribution in [2.75, 3.05) is 0 Å². The summed E-state index contributed by atoms with van der Waals surface area (Å²) >= 11 is 0. The van der Waals surface area contributed by atoms with Crippen molar-refractivity contribution in [2.24, 2.45) is 0 Å². The van der Waals surface area contributed by atoms with Crippen LogP contribution in [0.3, 0.4) is 0 Å². The number of nitrogens with zero attached hydrogens (tertiary/aromatic N) is 2. The molecule has 0 fully saturated rings. The van der Waals surface area contributed by atoms with E-state index in [0.717, 1.165) is 23.4 Å². The predicted molar refractivity (Wildman–Crippen MR) is 61.7 cm³/mol. The Labute approximate surface area is 94.7 Å². The van der Waals surface area contributed by atoms with Crippen LogP contribution in [-0.4, -0.2) is 16.2 Å². The van der Waals surface area contributed by atoms with Gasteiger partial charge in [-0.3, -0.25) is 4.98 Å². The highest BCUT2D eigenvalue weighted by molar-refractivity contribution is 5.59. The van der Waals surface area contributed by atoms with Gasteiger partial charge in [-0.2, -0.15) is 0 Å². The lowest BCUT2D eigenvalue weighted by Crippen LogP contribution is -2.21. The molecule has 0 saturated carbocycles. The van der Waals surface area contributed by atoms with Crippen molar-refractivity contribution < 1.29 is 4.52 Å². The topological polar surface area (TPSA) is 51.0 Å². The maximum Gasteiger partial charge on any atom is 0.171 e. The van der Waals surface area contributed by atoms with Crippen molar-refractivity contribution in [1.29, 1.82) is 0 Å². The Morgan fingerprint density at radius 1 is 1.31 bits per heavy atom. The molecule has 2 aromatic heterocycles. The van der Waals surface area contributed by atoms with Crippen LogP contribution in [0.5, 0.6) is 0 Å². The van der Waals surface area contributed by atoms with Gasteiger partial charge in [0.15, 0.2) is 5.76 Å². The first-order valence-electron chi connectivity index (χ1n) is 5.34. The molecule has 1 N–H and O–H groups in total. The molecule has 0 saturated heterocycles. The van der Waals surface area contributed by atoms with E-state index in [1.807, 2.05) is 12.1 Å². The highest BCUT2D eigenvalue weighted by Crippen LogP contribution is 2.22. The Kier molecular flexibility index (Phi) is 3.31. The molecule has 0 amide bonds. The molecule has 0 aliphatic rings. The molecular weight excluding hydrogens is 202 g/mol. The summed E-state index contributed by atoms with van der Waals surface area (Å²) in [6, 6.07) is 4.28. The molecule has 0 atom stereocenters. The summed E-state index contributed by atoms with van der Waals surface area (Å²) < 4.78 is 5.27. The van der Waals surface area contributed by atoms with Crippen molar-refractivity contribution >= 4 is 0 Å². The summed E-state index contributed by atoms with van der Waals surface area (Å²) in [4.78, 5) is 3.98. The number of pyridine rings is 1. The smallest absolute Gasteiger partial charge is 0.171 e. The van der Waals surface area contributed by atoms with Gasteiger partial charge in [0.25, 0.3) is 0 Å². The quantitative estimate of drug-likeness (QED) is 0.853. The van der Waals surface area contributed by atoms with Gasteiger partial charge in [0, 0.05) is 36.1 Å². The molecule has 16 heavy (non-hydrogen) atoms. The van der Waals surface area contributed by atoms with Crippen molar-refractivity contribution in [3.63, 3.8) is 0 Å². The van der Waals surface area contributed by atoms with Crippen LogP contribution < -0.4 is 5.32 Å². The Balaban J connectivity index is 2.19. The fraction of sp³-hybridized carbons (Fsp3) is 0.333. The van der Waals surface area contributed by atoms with Gasteiger partial charge >= 0.3 is 0 Å². The van der Waals surface area contributed by atoms with Gasteiger partial charge in [-0.05, 0) is 12.1 Å². The number of hydrogen-bond donors (Lipinski definition) is 1. The summed E-state index contributed by atoms with van der Waals surface area (Å²) in [5.41, 5.74) is 2.08. The lowest BCUT2D eigenvalue weighted by Gasteiger charge is -2.06. The van der Waals surface area contributed by atoms with Crippen LogP contribution in [0.4, 0.5) is 0 Å². The van der Waals surface area contributed by atoms with E-state index in [-0.39, 0.29) is 0 Å². The summed E-state index contributed by atoms with van der Waals surface area (Å²) in [7, 11) is 0.